The summed E-state index contributed by atoms with van der Waals surface area (Å²) in [6, 6.07) is 17.6. The van der Waals surface area contributed by atoms with Gasteiger partial charge in [0.2, 0.25) is 0 Å². The van der Waals surface area contributed by atoms with Crippen LogP contribution in [0.5, 0.6) is 0 Å². The van der Waals surface area contributed by atoms with Gasteiger partial charge in [0.05, 0.1) is 56.7 Å². The lowest BCUT2D eigenvalue weighted by molar-refractivity contribution is -0.293. The van der Waals surface area contributed by atoms with E-state index in [1.165, 1.54) is 0 Å². The van der Waals surface area contributed by atoms with Crippen molar-refractivity contribution in [2.45, 2.75) is 206 Å². The summed E-state index contributed by atoms with van der Waals surface area (Å²) in [5, 5.41) is 40.4. The molecule has 9 saturated heterocycles. The predicted octanol–water partition coefficient (Wildman–Crippen LogP) is 6.99. The van der Waals surface area contributed by atoms with Gasteiger partial charge in [0.1, 0.15) is 79.0 Å². The van der Waals surface area contributed by atoms with Crippen molar-refractivity contribution in [2.75, 3.05) is 13.2 Å². The quantitative estimate of drug-likeness (QED) is 0.0774. The average molecular weight is 1250 g/mol. The molecule has 76 heavy (non-hydrogen) atoms. The molecule has 0 amide bonds. The molecule has 2 aromatic carbocycles. The maximum absolute atomic E-state index is 12.8. The van der Waals surface area contributed by atoms with E-state index in [4.69, 9.17) is 48.6 Å². The molecular formula is C54H71Br2O17P2S+. The van der Waals surface area contributed by atoms with Gasteiger partial charge in [0, 0.05) is 51.7 Å². The topological polar surface area (TPSA) is 224 Å². The van der Waals surface area contributed by atoms with Crippen LogP contribution in [-0.2, 0) is 64.0 Å². The molecule has 0 aliphatic carbocycles. The van der Waals surface area contributed by atoms with Crippen LogP contribution in [0.15, 0.2) is 82.8 Å². The van der Waals surface area contributed by atoms with E-state index in [2.05, 4.69) is 65.8 Å². The number of esters is 2. The summed E-state index contributed by atoms with van der Waals surface area (Å²) in [7, 11) is 2.20. The summed E-state index contributed by atoms with van der Waals surface area (Å²) >= 11 is 11.0. The molecule has 2 aromatic rings. The lowest BCUT2D eigenvalue weighted by Crippen LogP contribution is -2.61. The van der Waals surface area contributed by atoms with E-state index in [-0.39, 0.29) is 105 Å². The third-order valence-corrected chi connectivity index (χ3v) is 15.9. The molecule has 9 aliphatic rings. The van der Waals surface area contributed by atoms with Crippen molar-refractivity contribution >= 4 is 77.3 Å². The monoisotopic (exact) mass is 1250 g/mol. The second-order valence-corrected chi connectivity index (χ2v) is 25.6. The first kappa shape index (κ1) is 58.6. The fourth-order valence-corrected chi connectivity index (χ4v) is 12.5. The normalized spacial score (nSPS) is 36.4. The van der Waals surface area contributed by atoms with Gasteiger partial charge in [-0.05, 0) is 84.6 Å². The number of aliphatic hydroxyl groups excluding tert-OH is 4. The summed E-state index contributed by atoms with van der Waals surface area (Å²) in [5.74, 6) is -1.83. The number of rotatable bonds is 20. The van der Waals surface area contributed by atoms with E-state index in [9.17, 15) is 34.8 Å². The number of ether oxygens (including phenoxy) is 10. The zero-order valence-corrected chi connectivity index (χ0v) is 48.2. The first-order chi connectivity index (χ1) is 36.9. The van der Waals surface area contributed by atoms with E-state index < -0.39 is 61.5 Å². The third-order valence-electron chi connectivity index (χ3n) is 15.3. The van der Waals surface area contributed by atoms with Gasteiger partial charge in [-0.25, -0.2) is 9.59 Å². The van der Waals surface area contributed by atoms with E-state index in [1.54, 1.807) is 36.4 Å². The first-order valence-corrected chi connectivity index (χ1v) is 31.3. The van der Waals surface area contributed by atoms with E-state index in [1.807, 2.05) is 24.3 Å². The van der Waals surface area contributed by atoms with Crippen LogP contribution in [0.3, 0.4) is 0 Å². The molecule has 9 heterocycles. The average Bonchev–Trinajstić information content (AvgIpc) is 4.05. The minimum absolute atomic E-state index is 0.000520. The van der Waals surface area contributed by atoms with Crippen molar-refractivity contribution < 1.29 is 82.2 Å². The van der Waals surface area contributed by atoms with Crippen molar-refractivity contribution in [3.63, 3.8) is 0 Å². The van der Waals surface area contributed by atoms with E-state index in [0.29, 0.717) is 79.8 Å². The molecule has 0 aromatic heterocycles. The van der Waals surface area contributed by atoms with Gasteiger partial charge in [-0.1, -0.05) is 81.4 Å². The van der Waals surface area contributed by atoms with Crippen molar-refractivity contribution in [1.29, 1.82) is 1.28 Å². The molecule has 22 heteroatoms. The molecule has 11 rings (SSSR count). The number of halogens is 2. The SMILES string of the molecule is C=C(Br)C[C@@H](CCC(=O)C[C@H]1O[C@H]2[C@@H](O)[C@H]3O[C@@H](CCO)CC[C@@H]3O[C@H]2[C@H]1O)OC(=O)c1ccccc1.C=C(Br)C[C@@H](CC[C@@]12C[C@H]3O[C@H]4[C@@H](O1)[C@H]1O[C@@H](CCO)CC[C@@H]1O[C@H]4C3O2)OC(=O)c1ccccc1.[3H][P+](P)=S. The highest BCUT2D eigenvalue weighted by Gasteiger charge is 2.68. The van der Waals surface area contributed by atoms with Crippen molar-refractivity contribution in [1.82, 2.24) is 0 Å². The number of Topliss-reactive ketones (excluding diaryl/α,β-unsaturated/α-hetero) is 1. The maximum atomic E-state index is 12.8. The van der Waals surface area contributed by atoms with E-state index in [0.717, 1.165) is 17.3 Å². The highest BCUT2D eigenvalue weighted by Crippen LogP contribution is 2.54. The largest absolute Gasteiger partial charge is 0.458 e. The number of carbonyl (C=O) groups excluding carboxylic acids is 3. The molecule has 9 aliphatic heterocycles. The van der Waals surface area contributed by atoms with Crippen LogP contribution in [0.4, 0.5) is 0 Å². The Morgan fingerprint density at radius 3 is 1.74 bits per heavy atom. The Kier molecular flexibility index (Phi) is 21.7. The fourth-order valence-electron chi connectivity index (χ4n) is 11.8. The lowest BCUT2D eigenvalue weighted by Gasteiger charge is -2.47. The van der Waals surface area contributed by atoms with E-state index >= 15 is 0 Å². The van der Waals surface area contributed by atoms with Crippen molar-refractivity contribution in [2.24, 2.45) is 0 Å². The summed E-state index contributed by atoms with van der Waals surface area (Å²) in [5.41, 5.74) is 0.941. The Balaban J connectivity index is 0.000000191. The Morgan fingerprint density at radius 1 is 0.684 bits per heavy atom. The molecule has 3 unspecified atom stereocenters. The number of fused-ring (bicyclic) bond motifs is 3. The lowest BCUT2D eigenvalue weighted by atomic mass is 9.87. The van der Waals surface area contributed by atoms with Crippen molar-refractivity contribution in [3.05, 3.63) is 93.9 Å². The Morgan fingerprint density at radius 2 is 1.17 bits per heavy atom. The van der Waals surface area contributed by atoms with Crippen LogP contribution in [0.2, 0.25) is 0 Å². The smallest absolute Gasteiger partial charge is 0.355 e. The van der Waals surface area contributed by atoms with Gasteiger partial charge >= 0.3 is 13.2 Å². The zero-order valence-electron chi connectivity index (χ0n) is 43.2. The van der Waals surface area contributed by atoms with Crippen LogP contribution >= 0.6 is 47.8 Å². The van der Waals surface area contributed by atoms with Crippen LogP contribution in [0.1, 0.15) is 111 Å². The molecule has 418 valence electrons. The molecule has 0 saturated carbocycles. The number of ketones is 1. The van der Waals surface area contributed by atoms with Gasteiger partial charge in [-0.15, -0.1) is 0 Å². The third kappa shape index (κ3) is 14.9. The summed E-state index contributed by atoms with van der Waals surface area (Å²) < 4.78 is 69.8. The summed E-state index contributed by atoms with van der Waals surface area (Å²) in [6.45, 7) is 6.99. The van der Waals surface area contributed by atoms with Crippen molar-refractivity contribution in [3.8, 4) is 0 Å². The first-order valence-electron chi connectivity index (χ1n) is 26.7. The van der Waals surface area contributed by atoms with Gasteiger partial charge < -0.3 is 67.8 Å². The Bertz CT molecular complexity index is 2350. The molecular weight excluding hydrogens is 1170 g/mol. The number of aliphatic hydroxyl groups is 4. The van der Waals surface area contributed by atoms with Crippen LogP contribution < -0.4 is 0 Å². The summed E-state index contributed by atoms with van der Waals surface area (Å²) in [4.78, 5) is 38.1. The molecule has 0 radical (unpaired) electrons. The molecule has 4 N–H and O–H groups in total. The molecule has 17 nitrogen and oxygen atoms in total. The van der Waals surface area contributed by atoms with Gasteiger partial charge in [0.15, 0.2) is 24.6 Å². The fraction of sp³-hybridized carbons (Fsp3) is 0.648. The number of benzene rings is 2. The van der Waals surface area contributed by atoms with Crippen LogP contribution in [0, 0.1) is 0 Å². The van der Waals surface area contributed by atoms with Crippen LogP contribution in [0.25, 0.3) is 0 Å². The molecule has 9 fully saturated rings. The second-order valence-electron chi connectivity index (χ2n) is 20.6. The molecule has 0 spiro atoms. The number of hydrogen-bond donors (Lipinski definition) is 4. The Labute approximate surface area is 470 Å². The number of carbonyl (C=O) groups is 3. The zero-order chi connectivity index (χ0) is 55.0. The maximum Gasteiger partial charge on any atom is 0.355 e. The highest BCUT2D eigenvalue weighted by atomic mass is 79.9. The minimum Gasteiger partial charge on any atom is -0.458 e. The minimum atomic E-state index is -1.06. The van der Waals surface area contributed by atoms with Gasteiger partial charge in [-0.2, -0.15) is 0 Å². The molecule has 21 atom stereocenters. The second kappa shape index (κ2) is 28.1. The molecule has 6 bridgehead atoms. The van der Waals surface area contributed by atoms with Gasteiger partial charge in [-0.3, -0.25) is 4.79 Å². The van der Waals surface area contributed by atoms with Crippen LogP contribution in [-0.4, -0.2) is 168 Å². The van der Waals surface area contributed by atoms with Gasteiger partial charge in [0.25, 0.3) is 0 Å². The standard InChI is InChI=1S/C27H35BrO9.C27H33BrO8.H2P2S/c1-15(28)13-19(35-27(33)16-5-3-2-4-6-16)8-7-17(30)14-21-22(31)25-26(37-21)23(32)24-20(36-25)10-9-18(34-24)11-12-29;1-15(28)13-18(32-26(30)16-5-3-2-4-6-16)9-11-27-14-20-22(35-27)23-24(34-20)25(36-27)21-19(33-23)8-7-17(31-21)10-12-29;1-2-3/h2-6,18-26,29,31-32H,1,7-14H2;2-6,17-25,29H,1,7-14H2;1H2/p+1/t18-,19-,20+,21-,22+,23+,24+,25+,26+;17-,18-,19+,20-,21+,22?,23+,24-,25+,27+;/m11./s1/i/hT. The Hall–Kier alpha value is -2.04. The summed E-state index contributed by atoms with van der Waals surface area (Å²) in [6.07, 6.45) is -0.749. The predicted molar refractivity (Wildman–Crippen MR) is 293 cm³/mol. The highest BCUT2D eigenvalue weighted by molar-refractivity contribution is 9.12. The number of hydrogen-bond acceptors (Lipinski definition) is 18.